The number of imide groups is 1. The zero-order valence-corrected chi connectivity index (χ0v) is 12.6. The highest BCUT2D eigenvalue weighted by molar-refractivity contribution is 6.01. The average Bonchev–Trinajstić information content (AvgIpc) is 2.43. The van der Waals surface area contributed by atoms with Gasteiger partial charge in [-0.1, -0.05) is 0 Å². The molecule has 0 aromatic heterocycles. The van der Waals surface area contributed by atoms with E-state index in [0.29, 0.717) is 12.8 Å². The monoisotopic (exact) mass is 338 g/mol. The van der Waals surface area contributed by atoms with E-state index in [1.54, 1.807) is 0 Å². The van der Waals surface area contributed by atoms with E-state index in [0.717, 1.165) is 12.1 Å². The van der Waals surface area contributed by atoms with E-state index in [2.05, 4.69) is 10.6 Å². The minimum atomic E-state index is -1.03. The summed E-state index contributed by atoms with van der Waals surface area (Å²) in [4.78, 5) is 33.7. The molecule has 1 saturated carbocycles. The van der Waals surface area contributed by atoms with Gasteiger partial charge in [-0.3, -0.25) is 19.7 Å². The number of carbonyl (C=O) groups is 3. The number of nitrogens with one attached hydrogen (secondary N) is 2. The van der Waals surface area contributed by atoms with Gasteiger partial charge in [0.15, 0.2) is 0 Å². The number of carboxylic acids is 1. The predicted molar refractivity (Wildman–Crippen MR) is 79.3 cm³/mol. The Labute approximate surface area is 136 Å². The number of piperidine rings is 1. The standard InChI is InChI=1S/C16H16F2N2O4/c17-11-5-9(19-8-3-7(4-8)16(23)24)6-12(18)14(11)10-1-2-13(21)20-15(10)22/h5-8,10,19H,1-4H2,(H,23,24)(H,20,21,22). The molecule has 1 atom stereocenters. The highest BCUT2D eigenvalue weighted by Gasteiger charge is 2.35. The summed E-state index contributed by atoms with van der Waals surface area (Å²) in [5.74, 6) is -5.21. The van der Waals surface area contributed by atoms with E-state index in [4.69, 9.17) is 5.11 Å². The van der Waals surface area contributed by atoms with Gasteiger partial charge in [-0.2, -0.15) is 0 Å². The van der Waals surface area contributed by atoms with Gasteiger partial charge in [-0.15, -0.1) is 0 Å². The molecule has 24 heavy (non-hydrogen) atoms. The fourth-order valence-electron chi connectivity index (χ4n) is 3.14. The van der Waals surface area contributed by atoms with Gasteiger partial charge in [0, 0.05) is 23.7 Å². The van der Waals surface area contributed by atoms with E-state index < -0.39 is 41.3 Å². The van der Waals surface area contributed by atoms with Crippen molar-refractivity contribution in [2.45, 2.75) is 37.6 Å². The summed E-state index contributed by atoms with van der Waals surface area (Å²) in [5.41, 5.74) is -0.141. The summed E-state index contributed by atoms with van der Waals surface area (Å²) in [5, 5.41) is 13.8. The predicted octanol–water partition coefficient (Wildman–Crippen LogP) is 1.76. The molecule has 1 aliphatic carbocycles. The molecule has 1 saturated heterocycles. The molecule has 0 spiro atoms. The van der Waals surface area contributed by atoms with Gasteiger partial charge in [0.25, 0.3) is 0 Å². The number of aliphatic carboxylic acids is 1. The normalized spacial score (nSPS) is 26.5. The van der Waals surface area contributed by atoms with E-state index in [1.807, 2.05) is 0 Å². The fraction of sp³-hybridized carbons (Fsp3) is 0.438. The van der Waals surface area contributed by atoms with Gasteiger partial charge in [0.05, 0.1) is 11.8 Å². The largest absolute Gasteiger partial charge is 0.481 e. The van der Waals surface area contributed by atoms with Gasteiger partial charge >= 0.3 is 5.97 Å². The van der Waals surface area contributed by atoms with Crippen LogP contribution in [0.5, 0.6) is 0 Å². The number of hydrogen-bond donors (Lipinski definition) is 3. The lowest BCUT2D eigenvalue weighted by atomic mass is 9.80. The zero-order chi connectivity index (χ0) is 17.4. The second-order valence-corrected chi connectivity index (χ2v) is 6.21. The minimum Gasteiger partial charge on any atom is -0.481 e. The molecule has 1 unspecified atom stereocenters. The van der Waals surface area contributed by atoms with E-state index in [1.165, 1.54) is 0 Å². The first kappa shape index (κ1) is 16.4. The average molecular weight is 338 g/mol. The van der Waals surface area contributed by atoms with Crippen molar-refractivity contribution in [2.24, 2.45) is 5.92 Å². The van der Waals surface area contributed by atoms with Crippen LogP contribution < -0.4 is 10.6 Å². The van der Waals surface area contributed by atoms with Gasteiger partial charge in [-0.25, -0.2) is 8.78 Å². The molecule has 1 aromatic carbocycles. The lowest BCUT2D eigenvalue weighted by Crippen LogP contribution is -2.40. The number of hydrogen-bond acceptors (Lipinski definition) is 4. The van der Waals surface area contributed by atoms with Gasteiger partial charge in [0.2, 0.25) is 11.8 Å². The number of carbonyl (C=O) groups excluding carboxylic acids is 2. The van der Waals surface area contributed by atoms with Crippen molar-refractivity contribution in [2.75, 3.05) is 5.32 Å². The van der Waals surface area contributed by atoms with Crippen LogP contribution in [-0.2, 0) is 14.4 Å². The molecule has 8 heteroatoms. The summed E-state index contributed by atoms with van der Waals surface area (Å²) in [6, 6.07) is 2.04. The first-order valence-corrected chi connectivity index (χ1v) is 7.67. The molecule has 1 aromatic rings. The third kappa shape index (κ3) is 3.08. The second kappa shape index (κ2) is 6.18. The van der Waals surface area contributed by atoms with Crippen molar-refractivity contribution < 1.29 is 28.3 Å². The summed E-state index contributed by atoms with van der Waals surface area (Å²) in [7, 11) is 0. The quantitative estimate of drug-likeness (QED) is 0.727. The number of benzene rings is 1. The van der Waals surface area contributed by atoms with E-state index >= 15 is 0 Å². The van der Waals surface area contributed by atoms with Crippen LogP contribution in [0.15, 0.2) is 12.1 Å². The Balaban J connectivity index is 1.73. The smallest absolute Gasteiger partial charge is 0.306 e. The third-order valence-corrected chi connectivity index (χ3v) is 4.52. The lowest BCUT2D eigenvalue weighted by molar-refractivity contribution is -0.144. The lowest BCUT2D eigenvalue weighted by Gasteiger charge is -2.33. The van der Waals surface area contributed by atoms with Gasteiger partial charge < -0.3 is 10.4 Å². The van der Waals surface area contributed by atoms with Crippen LogP contribution in [0.4, 0.5) is 14.5 Å². The Morgan fingerprint density at radius 1 is 1.21 bits per heavy atom. The van der Waals surface area contributed by atoms with Crippen LogP contribution in [0.25, 0.3) is 0 Å². The Kier molecular flexibility index (Phi) is 4.21. The van der Waals surface area contributed by atoms with Crippen LogP contribution in [0.3, 0.4) is 0 Å². The molecule has 3 rings (SSSR count). The first-order valence-electron chi connectivity index (χ1n) is 7.67. The Morgan fingerprint density at radius 2 is 1.83 bits per heavy atom. The number of carboxylic acid groups (broad SMARTS) is 1. The highest BCUT2D eigenvalue weighted by atomic mass is 19.1. The van der Waals surface area contributed by atoms with Crippen molar-refractivity contribution >= 4 is 23.5 Å². The Morgan fingerprint density at radius 3 is 2.38 bits per heavy atom. The van der Waals surface area contributed by atoms with Crippen molar-refractivity contribution in [3.63, 3.8) is 0 Å². The van der Waals surface area contributed by atoms with Crippen molar-refractivity contribution in [1.29, 1.82) is 0 Å². The van der Waals surface area contributed by atoms with E-state index in [9.17, 15) is 23.2 Å². The number of rotatable bonds is 4. The SMILES string of the molecule is O=C1CCC(c2c(F)cc(NC3CC(C(=O)O)C3)cc2F)C(=O)N1. The van der Waals surface area contributed by atoms with Crippen LogP contribution in [0, 0.1) is 17.6 Å². The van der Waals surface area contributed by atoms with Crippen LogP contribution >= 0.6 is 0 Å². The molecule has 3 N–H and O–H groups in total. The third-order valence-electron chi connectivity index (χ3n) is 4.52. The summed E-state index contributed by atoms with van der Waals surface area (Å²) >= 11 is 0. The molecule has 2 amide bonds. The van der Waals surface area contributed by atoms with Crippen LogP contribution in [0.2, 0.25) is 0 Å². The van der Waals surface area contributed by atoms with Crippen molar-refractivity contribution in [3.05, 3.63) is 29.3 Å². The fourth-order valence-corrected chi connectivity index (χ4v) is 3.14. The molecular weight excluding hydrogens is 322 g/mol. The zero-order valence-electron chi connectivity index (χ0n) is 12.6. The van der Waals surface area contributed by atoms with Crippen LogP contribution in [0.1, 0.15) is 37.2 Å². The Hall–Kier alpha value is -2.51. The molecule has 2 aliphatic rings. The number of anilines is 1. The maximum Gasteiger partial charge on any atom is 0.306 e. The molecule has 0 bridgehead atoms. The molecule has 0 radical (unpaired) electrons. The number of amides is 2. The maximum atomic E-state index is 14.3. The van der Waals surface area contributed by atoms with Gasteiger partial charge in [0.1, 0.15) is 11.6 Å². The molecule has 1 aliphatic heterocycles. The second-order valence-electron chi connectivity index (χ2n) is 6.21. The highest BCUT2D eigenvalue weighted by Crippen LogP contribution is 2.34. The number of halogens is 2. The summed E-state index contributed by atoms with van der Waals surface area (Å²) in [6.07, 6.45) is 0.892. The molecule has 128 valence electrons. The molecule has 6 nitrogen and oxygen atoms in total. The van der Waals surface area contributed by atoms with Gasteiger partial charge in [-0.05, 0) is 31.4 Å². The summed E-state index contributed by atoms with van der Waals surface area (Å²) in [6.45, 7) is 0. The van der Waals surface area contributed by atoms with E-state index in [-0.39, 0.29) is 30.1 Å². The van der Waals surface area contributed by atoms with Crippen molar-refractivity contribution in [1.82, 2.24) is 5.32 Å². The topological polar surface area (TPSA) is 95.5 Å². The van der Waals surface area contributed by atoms with Crippen LogP contribution in [-0.4, -0.2) is 28.9 Å². The molecule has 2 fully saturated rings. The first-order chi connectivity index (χ1) is 11.3. The minimum absolute atomic E-state index is 0.0357. The molecular formula is C16H16F2N2O4. The maximum absolute atomic E-state index is 14.3. The molecule has 1 heterocycles. The summed E-state index contributed by atoms with van der Waals surface area (Å²) < 4.78 is 28.6. The Bertz CT molecular complexity index is 693. The van der Waals surface area contributed by atoms with Crippen molar-refractivity contribution in [3.8, 4) is 0 Å².